The van der Waals surface area contributed by atoms with Crippen LogP contribution in [0.25, 0.3) is 0 Å². The first-order valence-corrected chi connectivity index (χ1v) is 10.5. The van der Waals surface area contributed by atoms with E-state index in [-0.39, 0.29) is 5.91 Å². The predicted octanol–water partition coefficient (Wildman–Crippen LogP) is 2.33. The first-order valence-electron chi connectivity index (χ1n) is 9.04. The van der Waals surface area contributed by atoms with Crippen molar-refractivity contribution in [1.29, 1.82) is 0 Å². The molecule has 1 fully saturated rings. The molecule has 2 aromatic rings. The maximum atomic E-state index is 12.9. The van der Waals surface area contributed by atoms with Crippen molar-refractivity contribution in [3.05, 3.63) is 54.0 Å². The van der Waals surface area contributed by atoms with Crippen LogP contribution in [0, 0.1) is 5.82 Å². The number of sulfonamides is 1. The summed E-state index contributed by atoms with van der Waals surface area (Å²) < 4.78 is 38.9. The minimum Gasteiger partial charge on any atom is -0.354 e. The molecule has 0 unspecified atom stereocenters. The van der Waals surface area contributed by atoms with Crippen molar-refractivity contribution in [1.82, 2.24) is 9.29 Å². The molecule has 1 aliphatic heterocycles. The van der Waals surface area contributed by atoms with Crippen molar-refractivity contribution in [2.75, 3.05) is 36.4 Å². The first-order chi connectivity index (χ1) is 13.3. The zero-order valence-corrected chi connectivity index (χ0v) is 16.6. The first kappa shape index (κ1) is 20.2. The normalized spacial score (nSPS) is 15.6. The summed E-state index contributed by atoms with van der Waals surface area (Å²) in [6.07, 6.45) is 1.55. The highest BCUT2D eigenvalue weighted by Gasteiger charge is 2.29. The van der Waals surface area contributed by atoms with Crippen LogP contribution in [0.15, 0.2) is 42.6 Å². The summed E-state index contributed by atoms with van der Waals surface area (Å²) in [5.74, 6) is -0.0210. The smallest absolute Gasteiger partial charge is 0.255 e. The van der Waals surface area contributed by atoms with Gasteiger partial charge in [-0.15, -0.1) is 0 Å². The average molecular weight is 406 g/mol. The van der Waals surface area contributed by atoms with E-state index in [4.69, 9.17) is 0 Å². The molecule has 1 aliphatic rings. The van der Waals surface area contributed by atoms with Gasteiger partial charge in [0, 0.05) is 31.7 Å². The molecule has 2 heterocycles. The summed E-state index contributed by atoms with van der Waals surface area (Å²) in [6.45, 7) is 5.32. The molecule has 9 heteroatoms. The Kier molecular flexibility index (Phi) is 5.95. The van der Waals surface area contributed by atoms with Crippen molar-refractivity contribution in [3.63, 3.8) is 0 Å². The number of amides is 1. The minimum absolute atomic E-state index is 0.345. The van der Waals surface area contributed by atoms with E-state index in [1.54, 1.807) is 32.2 Å². The summed E-state index contributed by atoms with van der Waals surface area (Å²) in [5.41, 5.74) is 0.882. The highest BCUT2D eigenvalue weighted by atomic mass is 32.2. The maximum absolute atomic E-state index is 12.9. The molecule has 1 saturated heterocycles. The summed E-state index contributed by atoms with van der Waals surface area (Å²) in [6, 6.07) is 8.81. The van der Waals surface area contributed by atoms with Crippen LogP contribution in [0.3, 0.4) is 0 Å². The number of hydrogen-bond acceptors (Lipinski definition) is 5. The van der Waals surface area contributed by atoms with Crippen molar-refractivity contribution in [2.24, 2.45) is 0 Å². The van der Waals surface area contributed by atoms with Crippen LogP contribution in [0.4, 0.5) is 15.9 Å². The molecule has 1 N–H and O–H groups in total. The van der Waals surface area contributed by atoms with Crippen molar-refractivity contribution in [3.8, 4) is 0 Å². The van der Waals surface area contributed by atoms with Crippen LogP contribution in [0.5, 0.6) is 0 Å². The van der Waals surface area contributed by atoms with Crippen molar-refractivity contribution < 1.29 is 17.6 Å². The third-order valence-corrected chi connectivity index (χ3v) is 6.91. The summed E-state index contributed by atoms with van der Waals surface area (Å²) >= 11 is 0. The van der Waals surface area contributed by atoms with E-state index in [1.165, 1.54) is 28.6 Å². The predicted molar refractivity (Wildman–Crippen MR) is 106 cm³/mol. The number of benzene rings is 1. The fraction of sp³-hybridized carbons (Fsp3) is 0.368. The number of nitrogens with one attached hydrogen (secondary N) is 1. The maximum Gasteiger partial charge on any atom is 0.255 e. The molecule has 1 amide bonds. The Labute approximate surface area is 164 Å². The lowest BCUT2D eigenvalue weighted by molar-refractivity contribution is 0.102. The molecule has 28 heavy (non-hydrogen) atoms. The highest BCUT2D eigenvalue weighted by molar-refractivity contribution is 7.89. The second-order valence-corrected chi connectivity index (χ2v) is 9.34. The lowest BCUT2D eigenvalue weighted by Gasteiger charge is -2.35. The zero-order valence-electron chi connectivity index (χ0n) is 15.8. The lowest BCUT2D eigenvalue weighted by Crippen LogP contribution is -2.50. The topological polar surface area (TPSA) is 82.6 Å². The number of hydrogen-bond donors (Lipinski definition) is 1. The van der Waals surface area contributed by atoms with Gasteiger partial charge in [-0.05, 0) is 50.2 Å². The number of rotatable bonds is 5. The molecular formula is C19H23FN4O3S. The Hall–Kier alpha value is -2.52. The molecule has 0 bridgehead atoms. The van der Waals surface area contributed by atoms with Gasteiger partial charge in [0.2, 0.25) is 10.0 Å². The van der Waals surface area contributed by atoms with E-state index in [1.807, 2.05) is 4.90 Å². The van der Waals surface area contributed by atoms with Gasteiger partial charge in [-0.2, -0.15) is 4.31 Å². The minimum atomic E-state index is -3.24. The quantitative estimate of drug-likeness (QED) is 0.824. The van der Waals surface area contributed by atoms with Crippen LogP contribution in [0.1, 0.15) is 24.2 Å². The number of anilines is 2. The van der Waals surface area contributed by atoms with Crippen molar-refractivity contribution in [2.45, 2.75) is 19.1 Å². The van der Waals surface area contributed by atoms with Crippen LogP contribution >= 0.6 is 0 Å². The van der Waals surface area contributed by atoms with Crippen LogP contribution in [0.2, 0.25) is 0 Å². The average Bonchev–Trinajstić information content (AvgIpc) is 2.69. The molecule has 1 aromatic carbocycles. The molecule has 0 aliphatic carbocycles. The van der Waals surface area contributed by atoms with E-state index < -0.39 is 21.1 Å². The Morgan fingerprint density at radius 1 is 1.07 bits per heavy atom. The number of pyridine rings is 1. The van der Waals surface area contributed by atoms with Crippen LogP contribution < -0.4 is 10.2 Å². The van der Waals surface area contributed by atoms with Gasteiger partial charge in [0.05, 0.1) is 17.1 Å². The Morgan fingerprint density at radius 3 is 2.25 bits per heavy atom. The molecule has 1 aromatic heterocycles. The van der Waals surface area contributed by atoms with Gasteiger partial charge in [-0.25, -0.2) is 17.8 Å². The highest BCUT2D eigenvalue weighted by Crippen LogP contribution is 2.19. The Bertz CT molecular complexity index is 923. The van der Waals surface area contributed by atoms with Crippen LogP contribution in [-0.4, -0.2) is 55.0 Å². The molecular weight excluding hydrogens is 383 g/mol. The van der Waals surface area contributed by atoms with E-state index in [0.29, 0.717) is 37.4 Å². The number of nitrogens with zero attached hydrogens (tertiary/aromatic N) is 3. The van der Waals surface area contributed by atoms with E-state index in [2.05, 4.69) is 10.3 Å². The molecule has 150 valence electrons. The van der Waals surface area contributed by atoms with Gasteiger partial charge < -0.3 is 10.2 Å². The van der Waals surface area contributed by atoms with Crippen molar-refractivity contribution >= 4 is 27.4 Å². The van der Waals surface area contributed by atoms with Gasteiger partial charge in [-0.1, -0.05) is 0 Å². The monoisotopic (exact) mass is 406 g/mol. The SMILES string of the molecule is CC(C)S(=O)(=O)N1CCN(c2ccc(NC(=O)c3ccc(F)cc3)cn2)CC1. The fourth-order valence-corrected chi connectivity index (χ4v) is 4.19. The number of aromatic nitrogens is 1. The Balaban J connectivity index is 1.59. The number of piperazine rings is 1. The van der Waals surface area contributed by atoms with Gasteiger partial charge in [-0.3, -0.25) is 4.79 Å². The molecule has 0 saturated carbocycles. The second kappa shape index (κ2) is 8.24. The third kappa shape index (κ3) is 4.48. The van der Waals surface area contributed by atoms with Gasteiger partial charge in [0.1, 0.15) is 11.6 Å². The third-order valence-electron chi connectivity index (χ3n) is 4.63. The standard InChI is InChI=1S/C19H23FN4O3S/c1-14(2)28(26,27)24-11-9-23(10-12-24)18-8-7-17(13-21-18)22-19(25)15-3-5-16(20)6-4-15/h3-8,13-14H,9-12H2,1-2H3,(H,22,25). The van der Waals surface area contributed by atoms with E-state index >= 15 is 0 Å². The molecule has 7 nitrogen and oxygen atoms in total. The van der Waals surface area contributed by atoms with E-state index in [9.17, 15) is 17.6 Å². The number of halogens is 1. The zero-order chi connectivity index (χ0) is 20.3. The van der Waals surface area contributed by atoms with Crippen LogP contribution in [-0.2, 0) is 10.0 Å². The fourth-order valence-electron chi connectivity index (χ4n) is 2.92. The van der Waals surface area contributed by atoms with Gasteiger partial charge in [0.25, 0.3) is 5.91 Å². The lowest BCUT2D eigenvalue weighted by atomic mass is 10.2. The summed E-state index contributed by atoms with van der Waals surface area (Å²) in [5, 5.41) is 2.29. The molecule has 3 rings (SSSR count). The summed E-state index contributed by atoms with van der Waals surface area (Å²) in [4.78, 5) is 18.5. The largest absolute Gasteiger partial charge is 0.354 e. The summed E-state index contributed by atoms with van der Waals surface area (Å²) in [7, 11) is -3.24. The van der Waals surface area contributed by atoms with Gasteiger partial charge in [0.15, 0.2) is 0 Å². The van der Waals surface area contributed by atoms with Gasteiger partial charge >= 0.3 is 0 Å². The molecule has 0 atom stereocenters. The molecule has 0 spiro atoms. The molecule has 0 radical (unpaired) electrons. The Morgan fingerprint density at radius 2 is 1.71 bits per heavy atom. The second-order valence-electron chi connectivity index (χ2n) is 6.85. The number of carbonyl (C=O) groups is 1. The number of carbonyl (C=O) groups excluding carboxylic acids is 1. The van der Waals surface area contributed by atoms with E-state index in [0.717, 1.165) is 5.82 Å².